The molecule has 29 heavy (non-hydrogen) atoms. The molecule has 4 rings (SSSR count). The first-order valence-corrected chi connectivity index (χ1v) is 9.99. The summed E-state index contributed by atoms with van der Waals surface area (Å²) in [5, 5.41) is 8.96. The lowest BCUT2D eigenvalue weighted by Gasteiger charge is -2.19. The Hall–Kier alpha value is -3.33. The van der Waals surface area contributed by atoms with Crippen molar-refractivity contribution >= 4 is 0 Å². The number of benzene rings is 1. The number of rotatable bonds is 6. The topological polar surface area (TPSA) is 83.8 Å². The van der Waals surface area contributed by atoms with Gasteiger partial charge in [0.2, 0.25) is 0 Å². The molecule has 0 bridgehead atoms. The number of nitrogens with one attached hydrogen (secondary N) is 1. The molecule has 1 aromatic carbocycles. The molecule has 1 aliphatic carbocycles. The second-order valence-corrected chi connectivity index (χ2v) is 7.28. The molecule has 6 heteroatoms. The fourth-order valence-electron chi connectivity index (χ4n) is 3.81. The molecule has 1 aliphatic rings. The van der Waals surface area contributed by atoms with Crippen LogP contribution in [0, 0.1) is 11.3 Å². The molecular formula is C23H24N4O2. The molecule has 0 amide bonds. The smallest absolute Gasteiger partial charge is 0.140 e. The quantitative estimate of drug-likeness (QED) is 0.644. The summed E-state index contributed by atoms with van der Waals surface area (Å²) in [6.07, 6.45) is 8.26. The standard InChI is InChI=1S/C23H24N4O2/c1-28-22-12-19(29-15-18-9-5-8-17(13-24)26-18)10-11-20(22)21-14-25-23(27-21)16-6-3-2-4-7-16/h5,8-12,14,16H,2-4,6-7,15H2,1H3,(H,25,27). The minimum Gasteiger partial charge on any atom is -0.496 e. The van der Waals surface area contributed by atoms with E-state index in [4.69, 9.17) is 19.7 Å². The summed E-state index contributed by atoms with van der Waals surface area (Å²) in [5.74, 6) is 2.99. The lowest BCUT2D eigenvalue weighted by atomic mass is 9.89. The van der Waals surface area contributed by atoms with Crippen molar-refractivity contribution in [3.05, 3.63) is 59.8 Å². The Balaban J connectivity index is 1.49. The van der Waals surface area contributed by atoms with Gasteiger partial charge in [-0.1, -0.05) is 25.3 Å². The van der Waals surface area contributed by atoms with Crippen molar-refractivity contribution < 1.29 is 9.47 Å². The van der Waals surface area contributed by atoms with Gasteiger partial charge in [0.25, 0.3) is 0 Å². The Kier molecular flexibility index (Phi) is 5.76. The highest BCUT2D eigenvalue weighted by Gasteiger charge is 2.19. The largest absolute Gasteiger partial charge is 0.496 e. The zero-order chi connectivity index (χ0) is 20.1. The summed E-state index contributed by atoms with van der Waals surface area (Å²) in [6, 6.07) is 13.1. The SMILES string of the molecule is COc1cc(OCc2cccc(C#N)n2)ccc1-c1c[nH]c(C2CCCCC2)n1. The van der Waals surface area contributed by atoms with Crippen molar-refractivity contribution in [1.82, 2.24) is 15.0 Å². The molecule has 0 atom stereocenters. The zero-order valence-electron chi connectivity index (χ0n) is 16.5. The molecule has 2 aromatic heterocycles. The van der Waals surface area contributed by atoms with E-state index in [1.54, 1.807) is 19.2 Å². The Morgan fingerprint density at radius 3 is 2.79 bits per heavy atom. The summed E-state index contributed by atoms with van der Waals surface area (Å²) < 4.78 is 11.4. The van der Waals surface area contributed by atoms with Crippen LogP contribution in [-0.4, -0.2) is 22.1 Å². The Bertz CT molecular complexity index is 1020. The van der Waals surface area contributed by atoms with Crippen LogP contribution in [-0.2, 0) is 6.61 Å². The van der Waals surface area contributed by atoms with Gasteiger partial charge in [-0.05, 0) is 37.1 Å². The Morgan fingerprint density at radius 1 is 1.14 bits per heavy atom. The van der Waals surface area contributed by atoms with E-state index < -0.39 is 0 Å². The number of aromatic amines is 1. The third-order valence-corrected chi connectivity index (χ3v) is 5.35. The van der Waals surface area contributed by atoms with Crippen molar-refractivity contribution in [3.63, 3.8) is 0 Å². The van der Waals surface area contributed by atoms with Gasteiger partial charge in [0.05, 0.1) is 18.5 Å². The molecule has 0 radical (unpaired) electrons. The van der Waals surface area contributed by atoms with Gasteiger partial charge in [-0.3, -0.25) is 0 Å². The van der Waals surface area contributed by atoms with Gasteiger partial charge in [0.1, 0.15) is 35.7 Å². The van der Waals surface area contributed by atoms with E-state index in [2.05, 4.69) is 9.97 Å². The molecule has 0 saturated heterocycles. The fraction of sp³-hybridized carbons (Fsp3) is 0.348. The van der Waals surface area contributed by atoms with E-state index in [0.29, 0.717) is 28.8 Å². The van der Waals surface area contributed by atoms with Crippen LogP contribution in [0.3, 0.4) is 0 Å². The predicted molar refractivity (Wildman–Crippen MR) is 110 cm³/mol. The Morgan fingerprint density at radius 2 is 2.00 bits per heavy atom. The number of nitriles is 1. The van der Waals surface area contributed by atoms with Crippen molar-refractivity contribution in [2.24, 2.45) is 0 Å². The van der Waals surface area contributed by atoms with E-state index in [1.807, 2.05) is 36.5 Å². The van der Waals surface area contributed by atoms with Gasteiger partial charge in [0.15, 0.2) is 0 Å². The molecule has 148 valence electrons. The number of methoxy groups -OCH3 is 1. The van der Waals surface area contributed by atoms with Gasteiger partial charge >= 0.3 is 0 Å². The van der Waals surface area contributed by atoms with E-state index >= 15 is 0 Å². The van der Waals surface area contributed by atoms with Gasteiger partial charge in [0, 0.05) is 23.7 Å². The van der Waals surface area contributed by atoms with Crippen LogP contribution in [0.5, 0.6) is 11.5 Å². The average Bonchev–Trinajstić information content (AvgIpc) is 3.28. The zero-order valence-corrected chi connectivity index (χ0v) is 16.5. The van der Waals surface area contributed by atoms with Crippen LogP contribution in [0.2, 0.25) is 0 Å². The van der Waals surface area contributed by atoms with Crippen LogP contribution >= 0.6 is 0 Å². The number of aromatic nitrogens is 3. The predicted octanol–water partition coefficient (Wildman–Crippen LogP) is 4.98. The third kappa shape index (κ3) is 4.40. The van der Waals surface area contributed by atoms with Crippen LogP contribution < -0.4 is 9.47 Å². The van der Waals surface area contributed by atoms with Crippen molar-refractivity contribution in [3.8, 4) is 28.8 Å². The van der Waals surface area contributed by atoms with E-state index in [0.717, 1.165) is 17.1 Å². The minimum absolute atomic E-state index is 0.284. The summed E-state index contributed by atoms with van der Waals surface area (Å²) >= 11 is 0. The van der Waals surface area contributed by atoms with Gasteiger partial charge in [-0.2, -0.15) is 5.26 Å². The van der Waals surface area contributed by atoms with Crippen LogP contribution in [0.1, 0.15) is 55.2 Å². The van der Waals surface area contributed by atoms with E-state index in [9.17, 15) is 0 Å². The van der Waals surface area contributed by atoms with Gasteiger partial charge < -0.3 is 14.5 Å². The molecule has 0 unspecified atom stereocenters. The molecular weight excluding hydrogens is 364 g/mol. The number of imidazole rings is 1. The molecule has 0 spiro atoms. The van der Waals surface area contributed by atoms with Crippen LogP contribution in [0.25, 0.3) is 11.3 Å². The van der Waals surface area contributed by atoms with Crippen molar-refractivity contribution in [2.45, 2.75) is 44.6 Å². The highest BCUT2D eigenvalue weighted by Crippen LogP contribution is 2.35. The number of hydrogen-bond donors (Lipinski definition) is 1. The van der Waals surface area contributed by atoms with Crippen molar-refractivity contribution in [2.75, 3.05) is 7.11 Å². The molecule has 1 saturated carbocycles. The molecule has 6 nitrogen and oxygen atoms in total. The molecule has 3 aromatic rings. The number of pyridine rings is 1. The van der Waals surface area contributed by atoms with E-state index in [1.165, 1.54) is 32.1 Å². The molecule has 1 N–H and O–H groups in total. The first-order valence-electron chi connectivity index (χ1n) is 9.99. The monoisotopic (exact) mass is 388 g/mol. The number of hydrogen-bond acceptors (Lipinski definition) is 5. The normalized spacial score (nSPS) is 14.3. The second kappa shape index (κ2) is 8.78. The second-order valence-electron chi connectivity index (χ2n) is 7.28. The maximum atomic E-state index is 8.96. The molecule has 0 aliphatic heterocycles. The summed E-state index contributed by atoms with van der Waals surface area (Å²) in [4.78, 5) is 12.4. The first-order chi connectivity index (χ1) is 14.3. The highest BCUT2D eigenvalue weighted by atomic mass is 16.5. The lowest BCUT2D eigenvalue weighted by molar-refractivity contribution is 0.299. The van der Waals surface area contributed by atoms with Crippen molar-refractivity contribution in [1.29, 1.82) is 5.26 Å². The number of H-pyrrole nitrogens is 1. The van der Waals surface area contributed by atoms with Gasteiger partial charge in [-0.25, -0.2) is 9.97 Å². The maximum absolute atomic E-state index is 8.96. The van der Waals surface area contributed by atoms with Crippen LogP contribution in [0.15, 0.2) is 42.6 Å². The Labute approximate surface area is 170 Å². The number of ether oxygens (including phenoxy) is 2. The lowest BCUT2D eigenvalue weighted by Crippen LogP contribution is -2.06. The maximum Gasteiger partial charge on any atom is 0.140 e. The molecule has 1 fully saturated rings. The van der Waals surface area contributed by atoms with E-state index in [-0.39, 0.29) is 6.61 Å². The fourth-order valence-corrected chi connectivity index (χ4v) is 3.81. The summed E-state index contributed by atoms with van der Waals surface area (Å²) in [6.45, 7) is 0.284. The van der Waals surface area contributed by atoms with Crippen LogP contribution in [0.4, 0.5) is 0 Å². The van der Waals surface area contributed by atoms with Gasteiger partial charge in [-0.15, -0.1) is 0 Å². The highest BCUT2D eigenvalue weighted by molar-refractivity contribution is 5.68. The number of nitrogens with zero attached hydrogens (tertiary/aromatic N) is 3. The summed E-state index contributed by atoms with van der Waals surface area (Å²) in [5.41, 5.74) is 2.91. The third-order valence-electron chi connectivity index (χ3n) is 5.35. The average molecular weight is 388 g/mol. The molecule has 2 heterocycles. The minimum atomic E-state index is 0.284. The summed E-state index contributed by atoms with van der Waals surface area (Å²) in [7, 11) is 1.65. The first kappa shape index (κ1) is 19.0.